The highest BCUT2D eigenvalue weighted by Gasteiger charge is 2.37. The molecule has 0 spiro atoms. The van der Waals surface area contributed by atoms with Crippen LogP contribution >= 0.6 is 11.3 Å². The summed E-state index contributed by atoms with van der Waals surface area (Å²) in [7, 11) is 4.88. The number of nitrogens with one attached hydrogen (secondary N) is 2. The molecule has 0 radical (unpaired) electrons. The Labute approximate surface area is 311 Å². The quantitative estimate of drug-likeness (QED) is 0.191. The molecule has 2 aromatic rings. The molecule has 1 aliphatic rings. The van der Waals surface area contributed by atoms with E-state index in [1.54, 1.807) is 17.3 Å². The largest absolute Gasteiger partial charge is 0.469 e. The van der Waals surface area contributed by atoms with Crippen LogP contribution in [0, 0.1) is 17.8 Å². The number of carbonyl (C=O) groups excluding carboxylic acids is 5. The van der Waals surface area contributed by atoms with Crippen LogP contribution in [0.1, 0.15) is 93.9 Å². The van der Waals surface area contributed by atoms with Crippen molar-refractivity contribution in [2.45, 2.75) is 103 Å². The summed E-state index contributed by atoms with van der Waals surface area (Å²) in [5.41, 5.74) is 1.04. The number of benzene rings is 1. The lowest BCUT2D eigenvalue weighted by Crippen LogP contribution is -2.57. The van der Waals surface area contributed by atoms with E-state index in [2.05, 4.69) is 15.6 Å². The van der Waals surface area contributed by atoms with Gasteiger partial charge >= 0.3 is 11.9 Å². The average Bonchev–Trinajstić information content (AvgIpc) is 3.61. The molecule has 3 rings (SSSR count). The van der Waals surface area contributed by atoms with Crippen LogP contribution in [0.2, 0.25) is 0 Å². The summed E-state index contributed by atoms with van der Waals surface area (Å²) in [5, 5.41) is 17.8. The standard InChI is InChI=1S/C38H57N5O8S/c1-23(2)31(43(7)37(48)33(24(3)4)41-35(47)30-16-12-13-17-42(30)6)20-32(51-25(5)45)36-40-29(22-52-36)34(46)39-28(18-26-14-10-9-11-15-26)19-27(21-44)38(49)50-8/h9-11,14-15,22-24,27-28,30-33,44H,12-13,16-21H2,1-8H3,(H,39,46)(H,41,47)/t27-,28-,30+,31+,32+,33-/m0/s1. The molecule has 6 atom stereocenters. The van der Waals surface area contributed by atoms with E-state index in [9.17, 15) is 29.1 Å². The van der Waals surface area contributed by atoms with E-state index >= 15 is 0 Å². The van der Waals surface area contributed by atoms with Gasteiger partial charge in [0.15, 0.2) is 6.10 Å². The highest BCUT2D eigenvalue weighted by Crippen LogP contribution is 2.31. The molecule has 0 unspecified atom stereocenters. The first-order chi connectivity index (χ1) is 24.7. The number of aromatic nitrogens is 1. The number of ether oxygens (including phenoxy) is 2. The van der Waals surface area contributed by atoms with Crippen molar-refractivity contribution in [2.75, 3.05) is 34.4 Å². The number of aliphatic hydroxyl groups is 1. The first-order valence-electron chi connectivity index (χ1n) is 18.1. The first-order valence-corrected chi connectivity index (χ1v) is 19.0. The topological polar surface area (TPSA) is 167 Å². The molecule has 2 heterocycles. The molecule has 1 aromatic carbocycles. The fourth-order valence-corrected chi connectivity index (χ4v) is 7.53. The minimum Gasteiger partial charge on any atom is -0.469 e. The van der Waals surface area contributed by atoms with Gasteiger partial charge in [0.25, 0.3) is 5.91 Å². The molecule has 288 valence electrons. The number of methoxy groups -OCH3 is 1. The summed E-state index contributed by atoms with van der Waals surface area (Å²) in [6.07, 6.45) is 2.65. The summed E-state index contributed by atoms with van der Waals surface area (Å²) in [6.45, 7) is 9.45. The second-order valence-electron chi connectivity index (χ2n) is 14.4. The second-order valence-corrected chi connectivity index (χ2v) is 15.3. The second kappa shape index (κ2) is 20.4. The van der Waals surface area contributed by atoms with Crippen LogP contribution in [0.5, 0.6) is 0 Å². The SMILES string of the molecule is COC(=O)[C@H](CO)C[C@H](Cc1ccccc1)NC(=O)c1csc([C@@H](C[C@H](C(C)C)N(C)C(=O)[C@@H](NC(=O)[C@H]2CCCCN2C)C(C)C)OC(C)=O)n1. The van der Waals surface area contributed by atoms with Crippen LogP contribution in [0.15, 0.2) is 35.7 Å². The van der Waals surface area contributed by atoms with Gasteiger partial charge in [-0.1, -0.05) is 64.4 Å². The van der Waals surface area contributed by atoms with Crippen LogP contribution in [0.25, 0.3) is 0 Å². The van der Waals surface area contributed by atoms with Gasteiger partial charge in [-0.05, 0) is 56.7 Å². The number of hydrogen-bond acceptors (Lipinski definition) is 11. The van der Waals surface area contributed by atoms with Crippen molar-refractivity contribution in [3.63, 3.8) is 0 Å². The third kappa shape index (κ3) is 12.1. The molecule has 52 heavy (non-hydrogen) atoms. The van der Waals surface area contributed by atoms with Gasteiger partial charge in [0, 0.05) is 37.9 Å². The summed E-state index contributed by atoms with van der Waals surface area (Å²) in [6, 6.07) is 7.50. The molecule has 14 heteroatoms. The Morgan fingerprint density at radius 2 is 1.73 bits per heavy atom. The smallest absolute Gasteiger partial charge is 0.311 e. The lowest BCUT2D eigenvalue weighted by atomic mass is 9.94. The van der Waals surface area contributed by atoms with Gasteiger partial charge in [-0.3, -0.25) is 28.9 Å². The van der Waals surface area contributed by atoms with Crippen molar-refractivity contribution in [1.82, 2.24) is 25.4 Å². The fourth-order valence-electron chi connectivity index (χ4n) is 6.70. The maximum Gasteiger partial charge on any atom is 0.311 e. The van der Waals surface area contributed by atoms with Gasteiger partial charge in [-0.25, -0.2) is 4.98 Å². The number of aliphatic hydroxyl groups excluding tert-OH is 1. The fraction of sp³-hybridized carbons (Fsp3) is 0.632. The third-order valence-corrected chi connectivity index (χ3v) is 10.6. The summed E-state index contributed by atoms with van der Waals surface area (Å²) < 4.78 is 10.6. The number of nitrogens with zero attached hydrogens (tertiary/aromatic N) is 3. The van der Waals surface area contributed by atoms with E-state index in [-0.39, 0.29) is 48.2 Å². The van der Waals surface area contributed by atoms with Gasteiger partial charge < -0.3 is 30.1 Å². The average molecular weight is 744 g/mol. The molecule has 0 bridgehead atoms. The molecular formula is C38H57N5O8S. The van der Waals surface area contributed by atoms with E-state index < -0.39 is 54.6 Å². The van der Waals surface area contributed by atoms with Crippen LogP contribution in [0.4, 0.5) is 0 Å². The van der Waals surface area contributed by atoms with Crippen LogP contribution < -0.4 is 10.6 Å². The van der Waals surface area contributed by atoms with E-state index in [0.29, 0.717) is 11.4 Å². The van der Waals surface area contributed by atoms with Crippen molar-refractivity contribution in [3.05, 3.63) is 52.0 Å². The van der Waals surface area contributed by atoms with Crippen LogP contribution in [-0.2, 0) is 35.1 Å². The Morgan fingerprint density at radius 1 is 1.04 bits per heavy atom. The van der Waals surface area contributed by atoms with Crippen LogP contribution in [-0.4, -0.2) is 108 Å². The van der Waals surface area contributed by atoms with E-state index in [0.717, 1.165) is 31.4 Å². The number of hydrogen-bond donors (Lipinski definition) is 3. The van der Waals surface area contributed by atoms with Crippen molar-refractivity contribution < 1.29 is 38.6 Å². The zero-order valence-electron chi connectivity index (χ0n) is 31.8. The molecule has 3 N–H and O–H groups in total. The summed E-state index contributed by atoms with van der Waals surface area (Å²) in [5.74, 6) is -3.05. The van der Waals surface area contributed by atoms with E-state index in [4.69, 9.17) is 9.47 Å². The van der Waals surface area contributed by atoms with Crippen molar-refractivity contribution >= 4 is 41.0 Å². The Kier molecular flexibility index (Phi) is 16.7. The number of piperidine rings is 1. The van der Waals surface area contributed by atoms with Gasteiger partial charge in [0.2, 0.25) is 11.8 Å². The number of likely N-dealkylation sites (tertiary alicyclic amines) is 1. The Bertz CT molecular complexity index is 1480. The lowest BCUT2D eigenvalue weighted by Gasteiger charge is -2.37. The molecule has 0 saturated carbocycles. The number of rotatable bonds is 18. The normalized spacial score (nSPS) is 17.8. The minimum absolute atomic E-state index is 0.0595. The Hall–Kier alpha value is -3.88. The molecule has 1 fully saturated rings. The molecule has 3 amide bonds. The predicted octanol–water partition coefficient (Wildman–Crippen LogP) is 3.76. The van der Waals surface area contributed by atoms with Crippen molar-refractivity contribution in [1.29, 1.82) is 0 Å². The number of likely N-dealkylation sites (N-methyl/N-ethyl adjacent to an activating group) is 2. The summed E-state index contributed by atoms with van der Waals surface area (Å²) in [4.78, 5) is 73.8. The zero-order valence-corrected chi connectivity index (χ0v) is 32.6. The summed E-state index contributed by atoms with van der Waals surface area (Å²) >= 11 is 1.17. The monoisotopic (exact) mass is 743 g/mol. The number of esters is 2. The molecule has 13 nitrogen and oxygen atoms in total. The van der Waals surface area contributed by atoms with Gasteiger partial charge in [0.1, 0.15) is 16.7 Å². The minimum atomic E-state index is -0.854. The van der Waals surface area contributed by atoms with Crippen molar-refractivity contribution in [3.8, 4) is 0 Å². The number of carbonyl (C=O) groups is 5. The van der Waals surface area contributed by atoms with Gasteiger partial charge in [-0.15, -0.1) is 11.3 Å². The maximum absolute atomic E-state index is 14.0. The molecule has 0 aliphatic carbocycles. The zero-order chi connectivity index (χ0) is 38.5. The predicted molar refractivity (Wildman–Crippen MR) is 198 cm³/mol. The van der Waals surface area contributed by atoms with Gasteiger partial charge in [0.05, 0.1) is 25.7 Å². The number of thiazole rings is 1. The molecular weight excluding hydrogens is 687 g/mol. The van der Waals surface area contributed by atoms with Crippen LogP contribution in [0.3, 0.4) is 0 Å². The highest BCUT2D eigenvalue weighted by atomic mass is 32.1. The van der Waals surface area contributed by atoms with E-state index in [1.807, 2.05) is 70.0 Å². The number of amides is 3. The van der Waals surface area contributed by atoms with Gasteiger partial charge in [-0.2, -0.15) is 0 Å². The third-order valence-electron chi connectivity index (χ3n) is 9.70. The van der Waals surface area contributed by atoms with Crippen molar-refractivity contribution in [2.24, 2.45) is 17.8 Å². The lowest BCUT2D eigenvalue weighted by molar-refractivity contribution is -0.149. The highest BCUT2D eigenvalue weighted by molar-refractivity contribution is 7.09. The maximum atomic E-state index is 14.0. The molecule has 1 aliphatic heterocycles. The molecule has 1 aromatic heterocycles. The Balaban J connectivity index is 1.81. The molecule has 1 saturated heterocycles. The van der Waals surface area contributed by atoms with E-state index in [1.165, 1.54) is 25.4 Å². The first kappa shape index (κ1) is 42.5. The Morgan fingerprint density at radius 3 is 2.31 bits per heavy atom.